The molecule has 6 nitrogen and oxygen atoms in total. The predicted molar refractivity (Wildman–Crippen MR) is 61.5 cm³/mol. The van der Waals surface area contributed by atoms with Gasteiger partial charge in [-0.05, 0) is 19.1 Å². The number of hydrogen-bond acceptors (Lipinski definition) is 5. The molecule has 9 heteroatoms. The highest BCUT2D eigenvalue weighted by Gasteiger charge is 2.37. The van der Waals surface area contributed by atoms with Crippen LogP contribution in [0.3, 0.4) is 0 Å². The quantitative estimate of drug-likeness (QED) is 0.902. The number of alkyl halides is 3. The maximum atomic E-state index is 12.6. The molecular formula is C11H9F3N6. The highest BCUT2D eigenvalue weighted by Crippen LogP contribution is 2.28. The highest BCUT2D eigenvalue weighted by molar-refractivity contribution is 5.32. The SMILES string of the molecule is CC(N)c1nc(C(F)(F)F)nn1-c1ccc(C#N)cn1. The Hall–Kier alpha value is -2.47. The molecule has 20 heavy (non-hydrogen) atoms. The molecule has 0 aliphatic heterocycles. The zero-order valence-corrected chi connectivity index (χ0v) is 10.3. The number of rotatable bonds is 2. The van der Waals surface area contributed by atoms with Crippen LogP contribution in [0.1, 0.15) is 30.2 Å². The molecule has 2 heterocycles. The third kappa shape index (κ3) is 2.60. The van der Waals surface area contributed by atoms with Gasteiger partial charge < -0.3 is 5.73 Å². The largest absolute Gasteiger partial charge is 0.453 e. The van der Waals surface area contributed by atoms with Crippen molar-refractivity contribution in [3.63, 3.8) is 0 Å². The van der Waals surface area contributed by atoms with E-state index in [4.69, 9.17) is 11.0 Å². The van der Waals surface area contributed by atoms with Crippen LogP contribution in [0.4, 0.5) is 13.2 Å². The molecule has 0 saturated carbocycles. The topological polar surface area (TPSA) is 93.4 Å². The van der Waals surface area contributed by atoms with E-state index in [1.807, 2.05) is 6.07 Å². The van der Waals surface area contributed by atoms with Crippen molar-refractivity contribution in [3.05, 3.63) is 35.5 Å². The van der Waals surface area contributed by atoms with Crippen LogP contribution >= 0.6 is 0 Å². The van der Waals surface area contributed by atoms with E-state index in [0.717, 1.165) is 4.68 Å². The zero-order chi connectivity index (χ0) is 14.9. The Kier molecular flexibility index (Phi) is 3.42. The van der Waals surface area contributed by atoms with Crippen molar-refractivity contribution in [1.82, 2.24) is 19.7 Å². The van der Waals surface area contributed by atoms with Crippen LogP contribution in [0.25, 0.3) is 5.82 Å². The van der Waals surface area contributed by atoms with Crippen LogP contribution in [-0.2, 0) is 6.18 Å². The predicted octanol–water partition coefficient (Wildman–Crippen LogP) is 1.57. The first-order valence-electron chi connectivity index (χ1n) is 5.49. The summed E-state index contributed by atoms with van der Waals surface area (Å²) in [6.07, 6.45) is -3.43. The van der Waals surface area contributed by atoms with E-state index in [0.29, 0.717) is 0 Å². The van der Waals surface area contributed by atoms with Crippen molar-refractivity contribution in [2.45, 2.75) is 19.1 Å². The molecule has 0 aliphatic carbocycles. The van der Waals surface area contributed by atoms with Gasteiger partial charge in [-0.15, -0.1) is 5.10 Å². The number of halogens is 3. The summed E-state index contributed by atoms with van der Waals surface area (Å²) in [6, 6.07) is 3.90. The number of nitrogens with zero attached hydrogens (tertiary/aromatic N) is 5. The van der Waals surface area contributed by atoms with Crippen molar-refractivity contribution in [2.75, 3.05) is 0 Å². The molecule has 2 aromatic rings. The summed E-state index contributed by atoms with van der Waals surface area (Å²) in [6.45, 7) is 1.49. The number of pyridine rings is 1. The maximum Gasteiger partial charge on any atom is 0.453 e. The molecule has 104 valence electrons. The number of hydrogen-bond donors (Lipinski definition) is 1. The van der Waals surface area contributed by atoms with Gasteiger partial charge in [-0.1, -0.05) is 0 Å². The molecule has 0 aromatic carbocycles. The Morgan fingerprint density at radius 2 is 2.10 bits per heavy atom. The van der Waals surface area contributed by atoms with Gasteiger partial charge in [0.2, 0.25) is 0 Å². The van der Waals surface area contributed by atoms with Crippen molar-refractivity contribution in [3.8, 4) is 11.9 Å². The molecule has 0 aliphatic rings. The van der Waals surface area contributed by atoms with Gasteiger partial charge in [0.1, 0.15) is 6.07 Å². The Morgan fingerprint density at radius 1 is 1.40 bits per heavy atom. The van der Waals surface area contributed by atoms with Gasteiger partial charge in [0, 0.05) is 6.20 Å². The second-order valence-corrected chi connectivity index (χ2v) is 4.01. The van der Waals surface area contributed by atoms with Gasteiger partial charge in [0.05, 0.1) is 11.6 Å². The lowest BCUT2D eigenvalue weighted by molar-refractivity contribution is -0.144. The third-order valence-corrected chi connectivity index (χ3v) is 2.39. The van der Waals surface area contributed by atoms with Gasteiger partial charge in [-0.25, -0.2) is 9.97 Å². The molecule has 1 atom stereocenters. The first-order chi connectivity index (χ1) is 9.32. The molecule has 0 fully saturated rings. The van der Waals surface area contributed by atoms with Crippen LogP contribution in [0.5, 0.6) is 0 Å². The first kappa shape index (κ1) is 14.0. The standard InChI is InChI=1S/C11H9F3N6/c1-6(16)9-18-10(11(12,13)14)19-20(9)8-3-2-7(4-15)5-17-8/h2-3,5-6H,16H2,1H3. The lowest BCUT2D eigenvalue weighted by Crippen LogP contribution is -2.14. The Labute approximate surface area is 111 Å². The fraction of sp³-hybridized carbons (Fsp3) is 0.273. The van der Waals surface area contributed by atoms with E-state index >= 15 is 0 Å². The van der Waals surface area contributed by atoms with Crippen molar-refractivity contribution >= 4 is 0 Å². The van der Waals surface area contributed by atoms with Crippen LogP contribution in [0.15, 0.2) is 18.3 Å². The molecule has 2 rings (SSSR count). The summed E-state index contributed by atoms with van der Waals surface area (Å²) in [5, 5.41) is 12.0. The minimum Gasteiger partial charge on any atom is -0.322 e. The van der Waals surface area contributed by atoms with E-state index in [1.54, 1.807) is 0 Å². The van der Waals surface area contributed by atoms with Gasteiger partial charge in [-0.3, -0.25) is 0 Å². The van der Waals surface area contributed by atoms with Crippen molar-refractivity contribution < 1.29 is 13.2 Å². The van der Waals surface area contributed by atoms with Crippen LogP contribution in [0.2, 0.25) is 0 Å². The van der Waals surface area contributed by atoms with E-state index < -0.39 is 18.0 Å². The van der Waals surface area contributed by atoms with E-state index in [-0.39, 0.29) is 17.2 Å². The lowest BCUT2D eigenvalue weighted by Gasteiger charge is -2.06. The van der Waals surface area contributed by atoms with Gasteiger partial charge >= 0.3 is 6.18 Å². The first-order valence-corrected chi connectivity index (χ1v) is 5.49. The second kappa shape index (κ2) is 4.90. The summed E-state index contributed by atoms with van der Waals surface area (Å²) < 4.78 is 38.8. The molecule has 0 radical (unpaired) electrons. The molecule has 0 amide bonds. The molecule has 0 bridgehead atoms. The minimum atomic E-state index is -4.67. The molecule has 0 spiro atoms. The van der Waals surface area contributed by atoms with Crippen LogP contribution < -0.4 is 5.73 Å². The Bertz CT molecular complexity index is 650. The summed E-state index contributed by atoms with van der Waals surface area (Å²) in [5.41, 5.74) is 5.88. The fourth-order valence-electron chi connectivity index (χ4n) is 1.49. The molecule has 1 unspecified atom stereocenters. The average molecular weight is 282 g/mol. The van der Waals surface area contributed by atoms with Gasteiger partial charge in [0.25, 0.3) is 5.82 Å². The molecule has 2 N–H and O–H groups in total. The maximum absolute atomic E-state index is 12.6. The molecule has 2 aromatic heterocycles. The second-order valence-electron chi connectivity index (χ2n) is 4.01. The summed E-state index contributed by atoms with van der Waals surface area (Å²) in [4.78, 5) is 7.27. The van der Waals surface area contributed by atoms with Crippen LogP contribution in [0, 0.1) is 11.3 Å². The van der Waals surface area contributed by atoms with Crippen LogP contribution in [-0.4, -0.2) is 19.7 Å². The summed E-state index contributed by atoms with van der Waals surface area (Å²) in [5.74, 6) is -1.23. The lowest BCUT2D eigenvalue weighted by atomic mass is 10.3. The van der Waals surface area contributed by atoms with E-state index in [2.05, 4.69) is 15.1 Å². The third-order valence-electron chi connectivity index (χ3n) is 2.39. The number of nitriles is 1. The Morgan fingerprint density at radius 3 is 2.55 bits per heavy atom. The highest BCUT2D eigenvalue weighted by atomic mass is 19.4. The van der Waals surface area contributed by atoms with Crippen molar-refractivity contribution in [2.24, 2.45) is 5.73 Å². The van der Waals surface area contributed by atoms with Crippen molar-refractivity contribution in [1.29, 1.82) is 5.26 Å². The monoisotopic (exact) mass is 282 g/mol. The average Bonchev–Trinajstić information content (AvgIpc) is 2.84. The zero-order valence-electron chi connectivity index (χ0n) is 10.3. The normalized spacial score (nSPS) is 13.0. The smallest absolute Gasteiger partial charge is 0.322 e. The van der Waals surface area contributed by atoms with E-state index in [9.17, 15) is 13.2 Å². The van der Waals surface area contributed by atoms with E-state index in [1.165, 1.54) is 25.3 Å². The molecular weight excluding hydrogens is 273 g/mol. The number of aromatic nitrogens is 4. The van der Waals surface area contributed by atoms with Gasteiger partial charge in [-0.2, -0.15) is 23.1 Å². The fourth-order valence-corrected chi connectivity index (χ4v) is 1.49. The molecule has 0 saturated heterocycles. The minimum absolute atomic E-state index is 0.0606. The van der Waals surface area contributed by atoms with Gasteiger partial charge in [0.15, 0.2) is 11.6 Å². The number of nitrogens with two attached hydrogens (primary N) is 1. The Balaban J connectivity index is 2.54. The summed E-state index contributed by atoms with van der Waals surface area (Å²) >= 11 is 0. The summed E-state index contributed by atoms with van der Waals surface area (Å²) in [7, 11) is 0.